The molecule has 164 valence electrons. The van der Waals surface area contributed by atoms with Gasteiger partial charge in [-0.2, -0.15) is 0 Å². The Balaban J connectivity index is 1.68. The van der Waals surface area contributed by atoms with Crippen molar-refractivity contribution in [3.8, 4) is 0 Å². The van der Waals surface area contributed by atoms with E-state index in [2.05, 4.69) is 45.9 Å². The summed E-state index contributed by atoms with van der Waals surface area (Å²) in [6.45, 7) is 13.3. The molecule has 0 radical (unpaired) electrons. The number of fused-ring (bicyclic) bond motifs is 7. The van der Waals surface area contributed by atoms with Crippen LogP contribution < -0.4 is 0 Å². The van der Waals surface area contributed by atoms with Gasteiger partial charge in [-0.05, 0) is 77.6 Å². The SMILES string of the molecule is CC1=CC2C(C)(CCC3(C)C4=CC=C5C(=CC(=O)C(=O)C5C)C4(C)CCC23C)CC1=O. The van der Waals surface area contributed by atoms with E-state index in [1.807, 2.05) is 13.8 Å². The average molecular weight is 419 g/mol. The summed E-state index contributed by atoms with van der Waals surface area (Å²) in [5.41, 5.74) is 4.30. The maximum absolute atomic E-state index is 12.6. The van der Waals surface area contributed by atoms with Crippen molar-refractivity contribution in [2.45, 2.75) is 73.6 Å². The second-order valence-electron chi connectivity index (χ2n) is 11.9. The summed E-state index contributed by atoms with van der Waals surface area (Å²) in [5.74, 6) is -0.312. The van der Waals surface area contributed by atoms with E-state index in [0.717, 1.165) is 42.4 Å². The van der Waals surface area contributed by atoms with Gasteiger partial charge in [-0.15, -0.1) is 0 Å². The third-order valence-electron chi connectivity index (χ3n) is 10.4. The standard InChI is InChI=1S/C28H34O3/c1-16-13-23-25(3,15-21(16)30)9-11-27(5)22-8-7-18-17(2)24(31)20(29)14-19(18)26(22,4)10-12-28(23,27)6/h7-8,13-14,17,23H,9-12,15H2,1-6H3. The molecule has 0 heterocycles. The van der Waals surface area contributed by atoms with Crippen molar-refractivity contribution in [3.63, 3.8) is 0 Å². The number of ketones is 3. The van der Waals surface area contributed by atoms with Crippen LogP contribution in [-0.4, -0.2) is 17.3 Å². The minimum atomic E-state index is -0.354. The fourth-order valence-electron chi connectivity index (χ4n) is 8.05. The summed E-state index contributed by atoms with van der Waals surface area (Å²) in [6.07, 6.45) is 13.1. The van der Waals surface area contributed by atoms with Crippen LogP contribution in [0, 0.1) is 33.5 Å². The summed E-state index contributed by atoms with van der Waals surface area (Å²) in [4.78, 5) is 37.4. The second-order valence-corrected chi connectivity index (χ2v) is 11.9. The van der Waals surface area contributed by atoms with E-state index in [1.54, 1.807) is 6.08 Å². The van der Waals surface area contributed by atoms with Crippen molar-refractivity contribution in [1.29, 1.82) is 0 Å². The van der Waals surface area contributed by atoms with E-state index in [1.165, 1.54) is 5.57 Å². The maximum atomic E-state index is 12.6. The monoisotopic (exact) mass is 418 g/mol. The lowest BCUT2D eigenvalue weighted by atomic mass is 9.36. The van der Waals surface area contributed by atoms with Crippen molar-refractivity contribution in [2.75, 3.05) is 0 Å². The highest BCUT2D eigenvalue weighted by Gasteiger charge is 2.65. The first kappa shape index (κ1) is 20.8. The van der Waals surface area contributed by atoms with Gasteiger partial charge in [-0.3, -0.25) is 14.4 Å². The van der Waals surface area contributed by atoms with Crippen LogP contribution in [0.15, 0.2) is 46.6 Å². The van der Waals surface area contributed by atoms with E-state index in [0.29, 0.717) is 18.1 Å². The van der Waals surface area contributed by atoms with Crippen LogP contribution >= 0.6 is 0 Å². The third-order valence-corrected chi connectivity index (χ3v) is 10.4. The highest BCUT2D eigenvalue weighted by atomic mass is 16.2. The van der Waals surface area contributed by atoms with E-state index < -0.39 is 0 Å². The zero-order chi connectivity index (χ0) is 22.6. The molecule has 6 unspecified atom stereocenters. The highest BCUT2D eigenvalue weighted by Crippen LogP contribution is 2.73. The summed E-state index contributed by atoms with van der Waals surface area (Å²) in [6, 6.07) is 0. The summed E-state index contributed by atoms with van der Waals surface area (Å²) in [5, 5.41) is 0. The predicted molar refractivity (Wildman–Crippen MR) is 121 cm³/mol. The van der Waals surface area contributed by atoms with Crippen LogP contribution in [0.3, 0.4) is 0 Å². The van der Waals surface area contributed by atoms with Crippen molar-refractivity contribution in [2.24, 2.45) is 33.5 Å². The highest BCUT2D eigenvalue weighted by molar-refractivity contribution is 6.44. The Morgan fingerprint density at radius 2 is 1.65 bits per heavy atom. The smallest absolute Gasteiger partial charge is 0.222 e. The molecule has 0 aliphatic heterocycles. The molecule has 0 saturated heterocycles. The quantitative estimate of drug-likeness (QED) is 0.473. The van der Waals surface area contributed by atoms with Gasteiger partial charge in [0.2, 0.25) is 11.6 Å². The van der Waals surface area contributed by atoms with Gasteiger partial charge >= 0.3 is 0 Å². The van der Waals surface area contributed by atoms with E-state index >= 15 is 0 Å². The van der Waals surface area contributed by atoms with Crippen molar-refractivity contribution >= 4 is 17.3 Å². The van der Waals surface area contributed by atoms with Gasteiger partial charge in [-0.25, -0.2) is 0 Å². The van der Waals surface area contributed by atoms with Crippen LogP contribution in [0.2, 0.25) is 0 Å². The lowest BCUT2D eigenvalue weighted by Gasteiger charge is -2.68. The molecule has 6 atom stereocenters. The number of Topliss-reactive ketones (excluding diaryl/α,β-unsaturated/α-hetero) is 2. The van der Waals surface area contributed by atoms with Gasteiger partial charge in [0.1, 0.15) is 0 Å². The maximum Gasteiger partial charge on any atom is 0.222 e. The molecule has 0 N–H and O–H groups in total. The van der Waals surface area contributed by atoms with Crippen LogP contribution in [0.1, 0.15) is 73.6 Å². The Morgan fingerprint density at radius 1 is 0.935 bits per heavy atom. The lowest BCUT2D eigenvalue weighted by Crippen LogP contribution is -2.60. The minimum Gasteiger partial charge on any atom is -0.295 e. The summed E-state index contributed by atoms with van der Waals surface area (Å²) < 4.78 is 0. The molecule has 5 aliphatic carbocycles. The molecule has 3 nitrogen and oxygen atoms in total. The third kappa shape index (κ3) is 2.38. The molecule has 0 bridgehead atoms. The summed E-state index contributed by atoms with van der Waals surface area (Å²) >= 11 is 0. The normalized spacial score (nSPS) is 46.6. The Bertz CT molecular complexity index is 1070. The molecule has 2 fully saturated rings. The molecule has 5 rings (SSSR count). The van der Waals surface area contributed by atoms with Crippen molar-refractivity contribution in [3.05, 3.63) is 46.6 Å². The number of carbonyl (C=O) groups is 3. The molecule has 0 amide bonds. The minimum absolute atomic E-state index is 0.0159. The first-order chi connectivity index (χ1) is 14.4. The van der Waals surface area contributed by atoms with Gasteiger partial charge in [0.15, 0.2) is 5.78 Å². The lowest BCUT2D eigenvalue weighted by molar-refractivity contribution is -0.136. The summed E-state index contributed by atoms with van der Waals surface area (Å²) in [7, 11) is 0. The van der Waals surface area contributed by atoms with Crippen molar-refractivity contribution < 1.29 is 14.4 Å². The number of rotatable bonds is 0. The first-order valence-electron chi connectivity index (χ1n) is 11.8. The number of allylic oxidation sites excluding steroid dienone is 8. The topological polar surface area (TPSA) is 51.2 Å². The molecule has 2 saturated carbocycles. The van der Waals surface area contributed by atoms with E-state index in [4.69, 9.17) is 0 Å². The molecule has 0 aromatic heterocycles. The van der Waals surface area contributed by atoms with Crippen LogP contribution in [-0.2, 0) is 14.4 Å². The van der Waals surface area contributed by atoms with Crippen LogP contribution in [0.4, 0.5) is 0 Å². The molecule has 0 spiro atoms. The zero-order valence-electron chi connectivity index (χ0n) is 19.7. The molecular weight excluding hydrogens is 384 g/mol. The van der Waals surface area contributed by atoms with Gasteiger partial charge in [-0.1, -0.05) is 58.4 Å². The van der Waals surface area contributed by atoms with Crippen molar-refractivity contribution in [1.82, 2.24) is 0 Å². The average Bonchev–Trinajstić information content (AvgIpc) is 2.71. The fourth-order valence-corrected chi connectivity index (χ4v) is 8.05. The van der Waals surface area contributed by atoms with Gasteiger partial charge < -0.3 is 0 Å². The Labute approximate surface area is 185 Å². The Hall–Kier alpha value is -2.03. The van der Waals surface area contributed by atoms with Crippen LogP contribution in [0.25, 0.3) is 0 Å². The molecule has 0 aromatic rings. The molecule has 3 heteroatoms. The Morgan fingerprint density at radius 3 is 2.35 bits per heavy atom. The number of hydrogen-bond donors (Lipinski definition) is 0. The molecule has 5 aliphatic rings. The number of carbonyl (C=O) groups excluding carboxylic acids is 3. The molecule has 31 heavy (non-hydrogen) atoms. The number of hydrogen-bond acceptors (Lipinski definition) is 3. The van der Waals surface area contributed by atoms with E-state index in [9.17, 15) is 14.4 Å². The molecular formula is C28H34O3. The second kappa shape index (κ2) is 6.05. The Kier molecular flexibility index (Phi) is 4.07. The first-order valence-corrected chi connectivity index (χ1v) is 11.8. The molecule has 0 aromatic carbocycles. The van der Waals surface area contributed by atoms with Gasteiger partial charge in [0.05, 0.1) is 0 Å². The van der Waals surface area contributed by atoms with Gasteiger partial charge in [0, 0.05) is 17.8 Å². The predicted octanol–water partition coefficient (Wildman–Crippen LogP) is 5.72. The zero-order valence-corrected chi connectivity index (χ0v) is 19.7. The largest absolute Gasteiger partial charge is 0.295 e. The fraction of sp³-hybridized carbons (Fsp3) is 0.607. The van der Waals surface area contributed by atoms with Gasteiger partial charge in [0.25, 0.3) is 0 Å². The van der Waals surface area contributed by atoms with E-state index in [-0.39, 0.29) is 39.1 Å². The van der Waals surface area contributed by atoms with Crippen LogP contribution in [0.5, 0.6) is 0 Å².